The van der Waals surface area contributed by atoms with Gasteiger partial charge >= 0.3 is 0 Å². The molecule has 1 saturated carbocycles. The van der Waals surface area contributed by atoms with E-state index in [1.54, 1.807) is 0 Å². The minimum absolute atomic E-state index is 0.0456. The van der Waals surface area contributed by atoms with Crippen molar-refractivity contribution >= 4 is 17.5 Å². The highest BCUT2D eigenvalue weighted by Crippen LogP contribution is 2.23. The van der Waals surface area contributed by atoms with Crippen LogP contribution in [0.15, 0.2) is 0 Å². The van der Waals surface area contributed by atoms with E-state index in [1.807, 2.05) is 0 Å². The Morgan fingerprint density at radius 1 is 1.44 bits per heavy atom. The number of carbonyl (C=O) groups is 1. The maximum absolute atomic E-state index is 11.4. The Morgan fingerprint density at radius 2 is 2.06 bits per heavy atom. The number of likely N-dealkylation sites (N-methyl/N-ethyl adjacent to an activating group) is 1. The number of halogens is 1. The third-order valence-electron chi connectivity index (χ3n) is 3.53. The van der Waals surface area contributed by atoms with Crippen molar-refractivity contribution in [2.45, 2.75) is 57.7 Å². The summed E-state index contributed by atoms with van der Waals surface area (Å²) in [6.45, 7) is 4.38. The van der Waals surface area contributed by atoms with Crippen LogP contribution >= 0.6 is 11.6 Å². The van der Waals surface area contributed by atoms with Gasteiger partial charge in [-0.05, 0) is 33.7 Å². The van der Waals surface area contributed by atoms with Crippen LogP contribution in [0.2, 0.25) is 0 Å². The van der Waals surface area contributed by atoms with Gasteiger partial charge in [-0.1, -0.05) is 12.8 Å². The zero-order valence-electron chi connectivity index (χ0n) is 10.5. The summed E-state index contributed by atoms with van der Waals surface area (Å²) in [5.74, 6) is 0.0185. The van der Waals surface area contributed by atoms with Crippen LogP contribution in [-0.2, 0) is 4.79 Å². The van der Waals surface area contributed by atoms with Gasteiger partial charge in [-0.25, -0.2) is 0 Å². The molecule has 0 aromatic rings. The van der Waals surface area contributed by atoms with E-state index < -0.39 is 0 Å². The topological polar surface area (TPSA) is 32.3 Å². The zero-order chi connectivity index (χ0) is 12.1. The molecule has 0 radical (unpaired) electrons. The smallest absolute Gasteiger partial charge is 0.235 e. The van der Waals surface area contributed by atoms with Gasteiger partial charge in [-0.2, -0.15) is 0 Å². The van der Waals surface area contributed by atoms with Crippen LogP contribution in [0.5, 0.6) is 0 Å². The summed E-state index contributed by atoms with van der Waals surface area (Å²) in [7, 11) is 2.14. The molecular formula is C12H23ClN2O. The first-order valence-corrected chi connectivity index (χ1v) is 6.67. The molecular weight excluding hydrogens is 224 g/mol. The molecule has 0 spiro atoms. The summed E-state index contributed by atoms with van der Waals surface area (Å²) < 4.78 is 0. The number of amides is 1. The second-order valence-electron chi connectivity index (χ2n) is 4.92. The average Bonchev–Trinajstić information content (AvgIpc) is 2.28. The molecule has 2 atom stereocenters. The normalized spacial score (nSPS) is 26.1. The van der Waals surface area contributed by atoms with Crippen LogP contribution in [0.25, 0.3) is 0 Å². The van der Waals surface area contributed by atoms with Crippen molar-refractivity contribution in [2.24, 2.45) is 0 Å². The van der Waals surface area contributed by atoms with Gasteiger partial charge in [0.05, 0.1) is 0 Å². The first-order chi connectivity index (χ1) is 7.56. The first kappa shape index (κ1) is 13.8. The van der Waals surface area contributed by atoms with Gasteiger partial charge in [0, 0.05) is 18.1 Å². The van der Waals surface area contributed by atoms with E-state index in [1.165, 1.54) is 19.3 Å². The summed E-state index contributed by atoms with van der Waals surface area (Å²) in [6, 6.07) is 1.24. The highest BCUT2D eigenvalue weighted by atomic mass is 35.5. The molecule has 3 nitrogen and oxygen atoms in total. The highest BCUT2D eigenvalue weighted by Gasteiger charge is 2.30. The Balaban J connectivity index is 2.59. The van der Waals surface area contributed by atoms with Crippen molar-refractivity contribution in [3.05, 3.63) is 0 Å². The summed E-state index contributed by atoms with van der Waals surface area (Å²) in [5, 5.41) is 3.04. The molecule has 1 amide bonds. The lowest BCUT2D eigenvalue weighted by Crippen LogP contribution is -2.54. The molecule has 0 aliphatic heterocycles. The van der Waals surface area contributed by atoms with Crippen molar-refractivity contribution < 1.29 is 4.79 Å². The van der Waals surface area contributed by atoms with Crippen molar-refractivity contribution in [2.75, 3.05) is 12.9 Å². The van der Waals surface area contributed by atoms with E-state index in [-0.39, 0.29) is 17.8 Å². The van der Waals surface area contributed by atoms with Crippen molar-refractivity contribution in [3.8, 4) is 0 Å². The van der Waals surface area contributed by atoms with Gasteiger partial charge in [-0.15, -0.1) is 11.6 Å². The first-order valence-electron chi connectivity index (χ1n) is 6.13. The number of nitrogens with zero attached hydrogens (tertiary/aromatic N) is 1. The Labute approximate surface area is 104 Å². The summed E-state index contributed by atoms with van der Waals surface area (Å²) in [5.41, 5.74) is 0. The third-order valence-corrected chi connectivity index (χ3v) is 3.78. The van der Waals surface area contributed by atoms with Crippen LogP contribution < -0.4 is 5.32 Å². The number of hydrogen-bond donors (Lipinski definition) is 1. The SMILES string of the molecule is CC(C)N(C)[C@H]1CCCC[C@@H]1NC(=O)CCl. The summed E-state index contributed by atoms with van der Waals surface area (Å²) in [6.07, 6.45) is 4.71. The monoisotopic (exact) mass is 246 g/mol. The van der Waals surface area contributed by atoms with E-state index in [4.69, 9.17) is 11.6 Å². The molecule has 0 aromatic carbocycles. The lowest BCUT2D eigenvalue weighted by atomic mass is 9.88. The number of hydrogen-bond acceptors (Lipinski definition) is 2. The van der Waals surface area contributed by atoms with Gasteiger partial charge < -0.3 is 5.32 Å². The van der Waals surface area contributed by atoms with Gasteiger partial charge in [0.2, 0.25) is 5.91 Å². The fourth-order valence-corrected chi connectivity index (χ4v) is 2.47. The fourth-order valence-electron chi connectivity index (χ4n) is 2.40. The summed E-state index contributed by atoms with van der Waals surface area (Å²) >= 11 is 5.54. The third kappa shape index (κ3) is 3.63. The number of rotatable bonds is 4. The molecule has 4 heteroatoms. The van der Waals surface area contributed by atoms with Crippen LogP contribution in [0.3, 0.4) is 0 Å². The zero-order valence-corrected chi connectivity index (χ0v) is 11.3. The molecule has 16 heavy (non-hydrogen) atoms. The van der Waals surface area contributed by atoms with E-state index in [0.29, 0.717) is 12.1 Å². The van der Waals surface area contributed by atoms with Crippen LogP contribution in [0.1, 0.15) is 39.5 Å². The second-order valence-corrected chi connectivity index (χ2v) is 5.19. The maximum atomic E-state index is 11.4. The molecule has 0 unspecified atom stereocenters. The number of nitrogens with one attached hydrogen (secondary N) is 1. The Morgan fingerprint density at radius 3 is 2.62 bits per heavy atom. The predicted molar refractivity (Wildman–Crippen MR) is 67.8 cm³/mol. The fraction of sp³-hybridized carbons (Fsp3) is 0.917. The van der Waals surface area contributed by atoms with E-state index in [0.717, 1.165) is 6.42 Å². The van der Waals surface area contributed by atoms with Crippen molar-refractivity contribution in [3.63, 3.8) is 0 Å². The molecule has 0 aromatic heterocycles. The van der Waals surface area contributed by atoms with Gasteiger partial charge in [-0.3, -0.25) is 9.69 Å². The van der Waals surface area contributed by atoms with Crippen molar-refractivity contribution in [1.29, 1.82) is 0 Å². The van der Waals surface area contributed by atoms with Gasteiger partial charge in [0.1, 0.15) is 5.88 Å². The minimum Gasteiger partial charge on any atom is -0.351 e. The minimum atomic E-state index is -0.0456. The molecule has 94 valence electrons. The Hall–Kier alpha value is -0.280. The maximum Gasteiger partial charge on any atom is 0.235 e. The molecule has 1 fully saturated rings. The van der Waals surface area contributed by atoms with E-state index in [9.17, 15) is 4.79 Å². The number of alkyl halides is 1. The standard InChI is InChI=1S/C12H23ClN2O/c1-9(2)15(3)11-7-5-4-6-10(11)14-12(16)8-13/h9-11H,4-8H2,1-3H3,(H,14,16)/t10-,11-/m0/s1. The second kappa shape index (κ2) is 6.45. The summed E-state index contributed by atoms with van der Waals surface area (Å²) in [4.78, 5) is 13.7. The number of carbonyl (C=O) groups excluding carboxylic acids is 1. The Kier molecular flexibility index (Phi) is 5.56. The lowest BCUT2D eigenvalue weighted by molar-refractivity contribution is -0.120. The highest BCUT2D eigenvalue weighted by molar-refractivity contribution is 6.27. The van der Waals surface area contributed by atoms with Gasteiger partial charge in [0.15, 0.2) is 0 Å². The van der Waals surface area contributed by atoms with Crippen LogP contribution in [-0.4, -0.2) is 41.9 Å². The molecule has 1 N–H and O–H groups in total. The quantitative estimate of drug-likeness (QED) is 0.770. The molecule has 0 saturated heterocycles. The molecule has 1 rings (SSSR count). The largest absolute Gasteiger partial charge is 0.351 e. The van der Waals surface area contributed by atoms with E-state index in [2.05, 4.69) is 31.1 Å². The average molecular weight is 247 g/mol. The molecule has 1 aliphatic carbocycles. The van der Waals surface area contributed by atoms with Crippen LogP contribution in [0, 0.1) is 0 Å². The van der Waals surface area contributed by atoms with Crippen molar-refractivity contribution in [1.82, 2.24) is 10.2 Å². The van der Waals surface area contributed by atoms with Crippen LogP contribution in [0.4, 0.5) is 0 Å². The molecule has 0 heterocycles. The van der Waals surface area contributed by atoms with Gasteiger partial charge in [0.25, 0.3) is 0 Å². The van der Waals surface area contributed by atoms with E-state index >= 15 is 0 Å². The molecule has 1 aliphatic rings. The predicted octanol–water partition coefficient (Wildman–Crippen LogP) is 1.99. The Bertz CT molecular complexity index is 233. The molecule has 0 bridgehead atoms. The lowest BCUT2D eigenvalue weighted by Gasteiger charge is -2.40.